The van der Waals surface area contributed by atoms with E-state index in [9.17, 15) is 4.79 Å². The second-order valence-electron chi connectivity index (χ2n) is 7.53. The number of rotatable bonds is 7. The Morgan fingerprint density at radius 3 is 2.68 bits per heavy atom. The first-order valence-corrected chi connectivity index (χ1v) is 10.2. The third-order valence-electron chi connectivity index (χ3n) is 5.50. The van der Waals surface area contributed by atoms with Gasteiger partial charge in [0.15, 0.2) is 0 Å². The third kappa shape index (κ3) is 4.42. The van der Waals surface area contributed by atoms with E-state index in [1.54, 1.807) is 19.4 Å². The summed E-state index contributed by atoms with van der Waals surface area (Å²) in [6, 6.07) is 22.8. The highest BCUT2D eigenvalue weighted by Crippen LogP contribution is 2.31. The lowest BCUT2D eigenvalue weighted by Crippen LogP contribution is -2.18. The van der Waals surface area contributed by atoms with Gasteiger partial charge in [0, 0.05) is 36.1 Å². The molecule has 0 bridgehead atoms. The molecule has 1 aromatic heterocycles. The topological polar surface area (TPSA) is 77.2 Å². The molecule has 0 spiro atoms. The van der Waals surface area contributed by atoms with E-state index in [1.165, 1.54) is 22.5 Å². The van der Waals surface area contributed by atoms with Crippen LogP contribution in [-0.2, 0) is 6.54 Å². The summed E-state index contributed by atoms with van der Waals surface area (Å²) < 4.78 is 5.53. The molecule has 156 valence electrons. The number of hydrogen-bond acceptors (Lipinski definition) is 4. The highest BCUT2D eigenvalue weighted by atomic mass is 16.5. The Morgan fingerprint density at radius 2 is 1.87 bits per heavy atom. The van der Waals surface area contributed by atoms with Crippen LogP contribution in [0.2, 0.25) is 0 Å². The fourth-order valence-electron chi connectivity index (χ4n) is 3.82. The number of fused-ring (bicyclic) bond motifs is 1. The summed E-state index contributed by atoms with van der Waals surface area (Å²) in [5, 5.41) is 6.12. The minimum absolute atomic E-state index is 0.177. The Hall–Kier alpha value is -3.70. The van der Waals surface area contributed by atoms with Crippen molar-refractivity contribution < 1.29 is 9.53 Å². The summed E-state index contributed by atoms with van der Waals surface area (Å²) in [5.74, 6) is 0.212. The number of nitrogens with one attached hydrogen (secondary N) is 1. The fourth-order valence-corrected chi connectivity index (χ4v) is 3.82. The van der Waals surface area contributed by atoms with Gasteiger partial charge in [0.25, 0.3) is 0 Å². The molecular formula is C26H25N3O2. The van der Waals surface area contributed by atoms with Crippen LogP contribution in [0.3, 0.4) is 0 Å². The molecule has 3 N–H and O–H groups in total. The van der Waals surface area contributed by atoms with Crippen LogP contribution >= 0.6 is 0 Å². The lowest BCUT2D eigenvalue weighted by atomic mass is 9.99. The SMILES string of the molecule is COc1ccc(CNC(C)c2cccc3ccccc23)cc1-c1cncc(C(N)=O)c1. The van der Waals surface area contributed by atoms with E-state index in [-0.39, 0.29) is 6.04 Å². The van der Waals surface area contributed by atoms with Gasteiger partial charge in [-0.1, -0.05) is 48.5 Å². The first-order chi connectivity index (χ1) is 15.1. The molecule has 1 unspecified atom stereocenters. The molecule has 1 atom stereocenters. The van der Waals surface area contributed by atoms with Gasteiger partial charge in [-0.3, -0.25) is 9.78 Å². The van der Waals surface area contributed by atoms with Gasteiger partial charge in [0.05, 0.1) is 12.7 Å². The smallest absolute Gasteiger partial charge is 0.250 e. The second kappa shape index (κ2) is 8.98. The van der Waals surface area contributed by atoms with Crippen molar-refractivity contribution in [3.8, 4) is 16.9 Å². The number of pyridine rings is 1. The van der Waals surface area contributed by atoms with Gasteiger partial charge in [-0.05, 0) is 47.0 Å². The Bertz CT molecular complexity index is 1230. The number of primary amides is 1. The monoisotopic (exact) mass is 411 g/mol. The van der Waals surface area contributed by atoms with Crippen LogP contribution in [0.5, 0.6) is 5.75 Å². The summed E-state index contributed by atoms with van der Waals surface area (Å²) in [6.07, 6.45) is 3.18. The van der Waals surface area contributed by atoms with Crippen LogP contribution in [0.25, 0.3) is 21.9 Å². The summed E-state index contributed by atoms with van der Waals surface area (Å²) in [7, 11) is 1.63. The molecule has 0 saturated heterocycles. The maximum Gasteiger partial charge on any atom is 0.250 e. The number of methoxy groups -OCH3 is 1. The number of carbonyl (C=O) groups is 1. The molecule has 4 rings (SSSR count). The van der Waals surface area contributed by atoms with E-state index in [4.69, 9.17) is 10.5 Å². The maximum atomic E-state index is 11.6. The highest BCUT2D eigenvalue weighted by molar-refractivity contribution is 5.94. The van der Waals surface area contributed by atoms with Crippen LogP contribution in [-0.4, -0.2) is 18.0 Å². The molecule has 31 heavy (non-hydrogen) atoms. The van der Waals surface area contributed by atoms with Gasteiger partial charge in [-0.2, -0.15) is 0 Å². The van der Waals surface area contributed by atoms with Crippen molar-refractivity contribution in [1.29, 1.82) is 0 Å². The van der Waals surface area contributed by atoms with Gasteiger partial charge < -0.3 is 15.8 Å². The number of nitrogens with zero attached hydrogens (tertiary/aromatic N) is 1. The molecule has 0 aliphatic rings. The summed E-state index contributed by atoms with van der Waals surface area (Å²) in [4.78, 5) is 15.7. The molecule has 0 radical (unpaired) electrons. The van der Waals surface area contributed by atoms with E-state index >= 15 is 0 Å². The standard InChI is InChI=1S/C26H25N3O2/c1-17(22-9-5-7-19-6-3-4-8-23(19)22)29-14-18-10-11-25(31-2)24(12-18)20-13-21(26(27)30)16-28-15-20/h3-13,15-17,29H,14H2,1-2H3,(H2,27,30). The highest BCUT2D eigenvalue weighted by Gasteiger charge is 2.12. The zero-order valence-electron chi connectivity index (χ0n) is 17.6. The largest absolute Gasteiger partial charge is 0.496 e. The van der Waals surface area contributed by atoms with E-state index in [0.29, 0.717) is 17.9 Å². The third-order valence-corrected chi connectivity index (χ3v) is 5.50. The molecule has 5 heteroatoms. The molecule has 3 aromatic carbocycles. The van der Waals surface area contributed by atoms with E-state index < -0.39 is 5.91 Å². The first kappa shape index (κ1) is 20.6. The molecule has 0 aliphatic carbocycles. The quantitative estimate of drug-likeness (QED) is 0.455. The summed E-state index contributed by atoms with van der Waals surface area (Å²) >= 11 is 0. The Balaban J connectivity index is 1.59. The van der Waals surface area contributed by atoms with Crippen molar-refractivity contribution in [1.82, 2.24) is 10.3 Å². The summed E-state index contributed by atoms with van der Waals surface area (Å²) in [5.41, 5.74) is 9.82. The molecule has 0 saturated carbocycles. The molecule has 4 aromatic rings. The molecule has 1 heterocycles. The van der Waals surface area contributed by atoms with Gasteiger partial charge in [-0.25, -0.2) is 0 Å². The normalized spacial score (nSPS) is 11.9. The van der Waals surface area contributed by atoms with E-state index in [0.717, 1.165) is 16.7 Å². The van der Waals surface area contributed by atoms with E-state index in [1.807, 2.05) is 12.1 Å². The van der Waals surface area contributed by atoms with Crippen LogP contribution < -0.4 is 15.8 Å². The number of amides is 1. The summed E-state index contributed by atoms with van der Waals surface area (Å²) in [6.45, 7) is 2.86. The first-order valence-electron chi connectivity index (χ1n) is 10.2. The van der Waals surface area contributed by atoms with Gasteiger partial charge in [0.2, 0.25) is 5.91 Å². The molecular weight excluding hydrogens is 386 g/mol. The zero-order valence-corrected chi connectivity index (χ0v) is 17.6. The van der Waals surface area contributed by atoms with Crippen LogP contribution in [0.4, 0.5) is 0 Å². The van der Waals surface area contributed by atoms with Crippen molar-refractivity contribution in [2.24, 2.45) is 5.73 Å². The molecule has 0 aliphatic heterocycles. The van der Waals surface area contributed by atoms with Gasteiger partial charge in [0.1, 0.15) is 5.75 Å². The minimum atomic E-state index is -0.505. The minimum Gasteiger partial charge on any atom is -0.496 e. The van der Waals surface area contributed by atoms with Crippen LogP contribution in [0.1, 0.15) is 34.5 Å². The van der Waals surface area contributed by atoms with Crippen molar-refractivity contribution in [3.63, 3.8) is 0 Å². The maximum absolute atomic E-state index is 11.6. The van der Waals surface area contributed by atoms with Gasteiger partial charge >= 0.3 is 0 Å². The predicted molar refractivity (Wildman–Crippen MR) is 124 cm³/mol. The average Bonchev–Trinajstić information content (AvgIpc) is 2.82. The zero-order chi connectivity index (χ0) is 21.8. The lowest BCUT2D eigenvalue weighted by molar-refractivity contribution is 0.1000. The van der Waals surface area contributed by atoms with Crippen molar-refractivity contribution in [2.75, 3.05) is 7.11 Å². The number of nitrogens with two attached hydrogens (primary N) is 1. The Kier molecular flexibility index (Phi) is 5.96. The number of carbonyl (C=O) groups excluding carboxylic acids is 1. The number of ether oxygens (including phenoxy) is 1. The second-order valence-corrected chi connectivity index (χ2v) is 7.53. The Labute approximate surface area is 181 Å². The molecule has 5 nitrogen and oxygen atoms in total. The lowest BCUT2D eigenvalue weighted by Gasteiger charge is -2.18. The van der Waals surface area contributed by atoms with Crippen molar-refractivity contribution >= 4 is 16.7 Å². The van der Waals surface area contributed by atoms with Crippen LogP contribution in [0.15, 0.2) is 79.1 Å². The van der Waals surface area contributed by atoms with Crippen molar-refractivity contribution in [3.05, 3.63) is 95.8 Å². The molecule has 0 fully saturated rings. The van der Waals surface area contributed by atoms with Gasteiger partial charge in [-0.15, -0.1) is 0 Å². The molecule has 1 amide bonds. The van der Waals surface area contributed by atoms with E-state index in [2.05, 4.69) is 65.8 Å². The fraction of sp³-hybridized carbons (Fsp3) is 0.154. The number of aromatic nitrogens is 1. The van der Waals surface area contributed by atoms with Crippen LogP contribution in [0, 0.1) is 0 Å². The number of hydrogen-bond donors (Lipinski definition) is 2. The number of benzene rings is 3. The Morgan fingerprint density at radius 1 is 1.06 bits per heavy atom. The average molecular weight is 412 g/mol. The van der Waals surface area contributed by atoms with Crippen molar-refractivity contribution in [2.45, 2.75) is 19.5 Å². The predicted octanol–water partition coefficient (Wildman–Crippen LogP) is 4.86.